The molecule has 0 aliphatic rings. The summed E-state index contributed by atoms with van der Waals surface area (Å²) < 4.78 is 16.9. The molecule has 0 atom stereocenters. The molecule has 0 spiro atoms. The Hall–Kier alpha value is -2.69. The van der Waals surface area contributed by atoms with Crippen LogP contribution >= 0.6 is 0 Å². The molecule has 0 heterocycles. The first-order chi connectivity index (χ1) is 12.4. The number of nitrogens with one attached hydrogen (secondary N) is 1. The van der Waals surface area contributed by atoms with Gasteiger partial charge >= 0.3 is 6.09 Å². The monoisotopic (exact) mass is 357 g/mol. The maximum Gasteiger partial charge on any atom is 0.412 e. The van der Waals surface area contributed by atoms with Crippen LogP contribution in [0.15, 0.2) is 48.5 Å². The molecule has 0 saturated carbocycles. The third kappa shape index (κ3) is 7.05. The second kappa shape index (κ2) is 9.13. The highest BCUT2D eigenvalue weighted by Gasteiger charge is 2.17. The summed E-state index contributed by atoms with van der Waals surface area (Å²) in [5, 5.41) is 2.73. The van der Waals surface area contributed by atoms with Gasteiger partial charge in [0.25, 0.3) is 0 Å². The Balaban J connectivity index is 2.11. The van der Waals surface area contributed by atoms with E-state index in [2.05, 4.69) is 5.32 Å². The van der Waals surface area contributed by atoms with Crippen molar-refractivity contribution in [2.24, 2.45) is 0 Å². The van der Waals surface area contributed by atoms with Crippen LogP contribution in [0.5, 0.6) is 11.5 Å². The Bertz CT molecular complexity index is 708. The molecular weight excluding hydrogens is 330 g/mol. The first kappa shape index (κ1) is 19.6. The van der Waals surface area contributed by atoms with Gasteiger partial charge < -0.3 is 14.2 Å². The van der Waals surface area contributed by atoms with Crippen molar-refractivity contribution in [3.8, 4) is 11.5 Å². The standard InChI is InChI=1S/C21H27NO4/c1-5-11-24-18-12-17(22-20(23)26-21(2,3)4)13-19(14-18)25-15-16-9-7-6-8-10-16/h6-10,12-14H,5,11,15H2,1-4H3,(H,22,23). The Labute approximate surface area is 155 Å². The maximum atomic E-state index is 12.0. The number of carbonyl (C=O) groups is 1. The van der Waals surface area contributed by atoms with Gasteiger partial charge in [0.2, 0.25) is 0 Å². The molecule has 5 heteroatoms. The summed E-state index contributed by atoms with van der Waals surface area (Å²) in [5.41, 5.74) is 1.07. The van der Waals surface area contributed by atoms with E-state index in [1.165, 1.54) is 0 Å². The Morgan fingerprint density at radius 3 is 2.27 bits per heavy atom. The fraction of sp³-hybridized carbons (Fsp3) is 0.381. The lowest BCUT2D eigenvalue weighted by molar-refractivity contribution is 0.0636. The molecule has 0 aromatic heterocycles. The van der Waals surface area contributed by atoms with Gasteiger partial charge in [0, 0.05) is 18.2 Å². The molecule has 2 aromatic carbocycles. The summed E-state index contributed by atoms with van der Waals surface area (Å²) in [7, 11) is 0. The number of anilines is 1. The molecule has 0 aliphatic carbocycles. The fourth-order valence-electron chi connectivity index (χ4n) is 2.19. The van der Waals surface area contributed by atoms with Crippen LogP contribution in [0.2, 0.25) is 0 Å². The van der Waals surface area contributed by atoms with Crippen LogP contribution < -0.4 is 14.8 Å². The molecule has 0 radical (unpaired) electrons. The van der Waals surface area contributed by atoms with Gasteiger partial charge in [-0.1, -0.05) is 37.3 Å². The van der Waals surface area contributed by atoms with Crippen LogP contribution in [0.4, 0.5) is 10.5 Å². The van der Waals surface area contributed by atoms with Crippen LogP contribution in [0, 0.1) is 0 Å². The minimum Gasteiger partial charge on any atom is -0.493 e. The topological polar surface area (TPSA) is 56.8 Å². The van der Waals surface area contributed by atoms with Gasteiger partial charge in [0.05, 0.1) is 12.3 Å². The van der Waals surface area contributed by atoms with Crippen LogP contribution in [-0.2, 0) is 11.3 Å². The number of amides is 1. The van der Waals surface area contributed by atoms with Gasteiger partial charge in [-0.3, -0.25) is 5.32 Å². The molecule has 0 saturated heterocycles. The predicted octanol–water partition coefficient (Wildman–Crippen LogP) is 5.40. The van der Waals surface area contributed by atoms with Crippen molar-refractivity contribution in [2.45, 2.75) is 46.3 Å². The number of ether oxygens (including phenoxy) is 3. The molecular formula is C21H27NO4. The first-order valence-electron chi connectivity index (χ1n) is 8.80. The van der Waals surface area contributed by atoms with Crippen molar-refractivity contribution in [1.82, 2.24) is 0 Å². The molecule has 140 valence electrons. The molecule has 0 fully saturated rings. The van der Waals surface area contributed by atoms with E-state index in [1.807, 2.05) is 64.1 Å². The Kier molecular flexibility index (Phi) is 6.89. The van der Waals surface area contributed by atoms with Gasteiger partial charge in [-0.05, 0) is 32.8 Å². The number of hydrogen-bond donors (Lipinski definition) is 1. The quantitative estimate of drug-likeness (QED) is 0.721. The molecule has 1 N–H and O–H groups in total. The number of hydrogen-bond acceptors (Lipinski definition) is 4. The van der Waals surface area contributed by atoms with E-state index in [1.54, 1.807) is 12.1 Å². The highest BCUT2D eigenvalue weighted by molar-refractivity contribution is 5.85. The minimum absolute atomic E-state index is 0.434. The van der Waals surface area contributed by atoms with Crippen molar-refractivity contribution in [3.05, 3.63) is 54.1 Å². The summed E-state index contributed by atoms with van der Waals surface area (Å²) in [5.74, 6) is 1.26. The zero-order valence-corrected chi connectivity index (χ0v) is 15.9. The van der Waals surface area contributed by atoms with E-state index >= 15 is 0 Å². The third-order valence-electron chi connectivity index (χ3n) is 3.25. The number of rotatable bonds is 7. The van der Waals surface area contributed by atoms with E-state index in [0.29, 0.717) is 30.4 Å². The lowest BCUT2D eigenvalue weighted by atomic mass is 10.2. The van der Waals surface area contributed by atoms with Gasteiger partial charge in [-0.25, -0.2) is 4.79 Å². The summed E-state index contributed by atoms with van der Waals surface area (Å²) in [6.45, 7) is 8.53. The summed E-state index contributed by atoms with van der Waals surface area (Å²) in [4.78, 5) is 12.0. The lowest BCUT2D eigenvalue weighted by Crippen LogP contribution is -2.27. The minimum atomic E-state index is -0.562. The SMILES string of the molecule is CCCOc1cc(NC(=O)OC(C)(C)C)cc(OCc2ccccc2)c1. The highest BCUT2D eigenvalue weighted by atomic mass is 16.6. The molecule has 26 heavy (non-hydrogen) atoms. The predicted molar refractivity (Wildman–Crippen MR) is 103 cm³/mol. The first-order valence-corrected chi connectivity index (χ1v) is 8.80. The number of benzene rings is 2. The second-order valence-corrected chi connectivity index (χ2v) is 6.94. The van der Waals surface area contributed by atoms with E-state index in [0.717, 1.165) is 12.0 Å². The molecule has 0 aliphatic heterocycles. The van der Waals surface area contributed by atoms with Gasteiger partial charge in [0.15, 0.2) is 0 Å². The molecule has 0 unspecified atom stereocenters. The molecule has 1 amide bonds. The Morgan fingerprint density at radius 1 is 1.00 bits per heavy atom. The van der Waals surface area contributed by atoms with Crippen LogP contribution in [-0.4, -0.2) is 18.3 Å². The van der Waals surface area contributed by atoms with Crippen molar-refractivity contribution in [2.75, 3.05) is 11.9 Å². The summed E-state index contributed by atoms with van der Waals surface area (Å²) >= 11 is 0. The van der Waals surface area contributed by atoms with Gasteiger partial charge in [-0.2, -0.15) is 0 Å². The average Bonchev–Trinajstić information content (AvgIpc) is 2.57. The fourth-order valence-corrected chi connectivity index (χ4v) is 2.19. The summed E-state index contributed by atoms with van der Waals surface area (Å²) in [6, 6.07) is 15.2. The molecule has 5 nitrogen and oxygen atoms in total. The number of carbonyl (C=O) groups excluding carboxylic acids is 1. The van der Waals surface area contributed by atoms with Crippen molar-refractivity contribution in [3.63, 3.8) is 0 Å². The molecule has 2 aromatic rings. The van der Waals surface area contributed by atoms with E-state index in [9.17, 15) is 4.79 Å². The van der Waals surface area contributed by atoms with Crippen molar-refractivity contribution >= 4 is 11.8 Å². The maximum absolute atomic E-state index is 12.0. The zero-order chi connectivity index (χ0) is 19.0. The van der Waals surface area contributed by atoms with Gasteiger partial charge in [-0.15, -0.1) is 0 Å². The van der Waals surface area contributed by atoms with E-state index in [-0.39, 0.29) is 0 Å². The lowest BCUT2D eigenvalue weighted by Gasteiger charge is -2.20. The largest absolute Gasteiger partial charge is 0.493 e. The molecule has 0 bridgehead atoms. The Morgan fingerprint density at radius 2 is 1.65 bits per heavy atom. The van der Waals surface area contributed by atoms with E-state index < -0.39 is 11.7 Å². The second-order valence-electron chi connectivity index (χ2n) is 6.94. The average molecular weight is 357 g/mol. The highest BCUT2D eigenvalue weighted by Crippen LogP contribution is 2.27. The molecule has 2 rings (SSSR count). The van der Waals surface area contributed by atoms with Crippen LogP contribution in [0.1, 0.15) is 39.7 Å². The van der Waals surface area contributed by atoms with Crippen LogP contribution in [0.25, 0.3) is 0 Å². The summed E-state index contributed by atoms with van der Waals surface area (Å²) in [6.07, 6.45) is 0.378. The van der Waals surface area contributed by atoms with Crippen LogP contribution in [0.3, 0.4) is 0 Å². The van der Waals surface area contributed by atoms with Crippen molar-refractivity contribution < 1.29 is 19.0 Å². The normalized spacial score (nSPS) is 10.9. The smallest absolute Gasteiger partial charge is 0.412 e. The van der Waals surface area contributed by atoms with E-state index in [4.69, 9.17) is 14.2 Å². The third-order valence-corrected chi connectivity index (χ3v) is 3.25. The van der Waals surface area contributed by atoms with Gasteiger partial charge in [0.1, 0.15) is 23.7 Å². The van der Waals surface area contributed by atoms with Crippen molar-refractivity contribution in [1.29, 1.82) is 0 Å². The zero-order valence-electron chi connectivity index (χ0n) is 15.9.